The van der Waals surface area contributed by atoms with Gasteiger partial charge in [-0.3, -0.25) is 0 Å². The van der Waals surface area contributed by atoms with Gasteiger partial charge in [0.2, 0.25) is 0 Å². The lowest BCUT2D eigenvalue weighted by Crippen LogP contribution is -2.59. The Morgan fingerprint density at radius 3 is 2.26 bits per heavy atom. The van der Waals surface area contributed by atoms with E-state index in [-0.39, 0.29) is 48.6 Å². The highest BCUT2D eigenvalue weighted by atomic mass is 16.7. The van der Waals surface area contributed by atoms with Crippen LogP contribution in [0.5, 0.6) is 5.75 Å². The van der Waals surface area contributed by atoms with Crippen molar-refractivity contribution in [1.29, 1.82) is 0 Å². The summed E-state index contributed by atoms with van der Waals surface area (Å²) in [6.07, 6.45) is 4.81. The molecule has 0 saturated carbocycles. The summed E-state index contributed by atoms with van der Waals surface area (Å²) in [4.78, 5) is 14.1. The molecule has 0 aliphatic carbocycles. The monoisotopic (exact) mass is 856 g/mol. The van der Waals surface area contributed by atoms with Crippen molar-refractivity contribution in [3.8, 4) is 5.75 Å². The Kier molecular flexibility index (Phi) is 16.0. The standard InChI is InChI=1S/C48H72O13/c1-12-25(2)45-30(7)38(50)24-48(61-45)23-34-19-33(60-48)17-16-28(5)44(27(4)15-13-14-26(3)35-20-37(49)29(6)18-36(35)47(52)57-34)58-42-22-40(54-11)46(32(9)56-42)59-41-21-39(53-10)43(51)31(8)55-41/h13-16,18,20,25,27,30-34,38-46,49-51H,12,17,19,21-24H2,1-11H3/b15-13+,26-14+,28-16+/t25-,27-,30-,31-,32-,33+,34-,38-,39-,40-,41-,42-,43-,44-,45+,46-,48-/m0/s1. The second-order valence-electron chi connectivity index (χ2n) is 18.4. The van der Waals surface area contributed by atoms with E-state index in [1.165, 1.54) is 0 Å². The molecule has 3 N–H and O–H groups in total. The van der Waals surface area contributed by atoms with Crippen LogP contribution >= 0.6 is 0 Å². The van der Waals surface area contributed by atoms with Gasteiger partial charge in [-0.15, -0.1) is 0 Å². The number of benzene rings is 1. The summed E-state index contributed by atoms with van der Waals surface area (Å²) in [6, 6.07) is 3.30. The lowest BCUT2D eigenvalue weighted by molar-refractivity contribution is -0.353. The van der Waals surface area contributed by atoms with Gasteiger partial charge in [-0.2, -0.15) is 0 Å². The van der Waals surface area contributed by atoms with Gasteiger partial charge in [0.25, 0.3) is 0 Å². The molecule has 6 rings (SSSR count). The summed E-state index contributed by atoms with van der Waals surface area (Å²) in [6.45, 7) is 17.8. The van der Waals surface area contributed by atoms with Crippen LogP contribution in [0.3, 0.4) is 0 Å². The fourth-order valence-corrected chi connectivity index (χ4v) is 9.79. The second-order valence-corrected chi connectivity index (χ2v) is 18.4. The number of esters is 1. The minimum Gasteiger partial charge on any atom is -0.508 e. The largest absolute Gasteiger partial charge is 0.508 e. The molecule has 0 radical (unpaired) electrons. The van der Waals surface area contributed by atoms with Crippen molar-refractivity contribution in [2.45, 2.75) is 193 Å². The van der Waals surface area contributed by atoms with Crippen molar-refractivity contribution >= 4 is 11.5 Å². The van der Waals surface area contributed by atoms with E-state index in [1.807, 2.05) is 39.8 Å². The average Bonchev–Trinajstić information content (AvgIpc) is 3.22. The van der Waals surface area contributed by atoms with Crippen molar-refractivity contribution in [3.63, 3.8) is 0 Å². The van der Waals surface area contributed by atoms with E-state index in [0.717, 1.165) is 17.6 Å². The van der Waals surface area contributed by atoms with Gasteiger partial charge in [-0.25, -0.2) is 4.79 Å². The normalized spacial score (nSPS) is 43.0. The Balaban J connectivity index is 1.30. The number of hydrogen-bond donors (Lipinski definition) is 3. The maximum Gasteiger partial charge on any atom is 0.339 e. The van der Waals surface area contributed by atoms with E-state index in [9.17, 15) is 20.1 Å². The second kappa shape index (κ2) is 20.4. The molecule has 0 unspecified atom stereocenters. The van der Waals surface area contributed by atoms with Crippen LogP contribution < -0.4 is 0 Å². The molecule has 4 fully saturated rings. The van der Waals surface area contributed by atoms with Gasteiger partial charge < -0.3 is 58.0 Å². The van der Waals surface area contributed by atoms with Crippen molar-refractivity contribution < 1.29 is 62.7 Å². The summed E-state index contributed by atoms with van der Waals surface area (Å²) in [5.74, 6) is -1.59. The highest BCUT2D eigenvalue weighted by Crippen LogP contribution is 2.45. The first-order valence-corrected chi connectivity index (χ1v) is 22.4. The van der Waals surface area contributed by atoms with Gasteiger partial charge in [-0.1, -0.05) is 58.4 Å². The van der Waals surface area contributed by atoms with Gasteiger partial charge in [0.15, 0.2) is 18.4 Å². The van der Waals surface area contributed by atoms with Gasteiger partial charge in [0.05, 0.1) is 54.4 Å². The lowest BCUT2D eigenvalue weighted by atomic mass is 9.79. The molecule has 5 aliphatic heterocycles. The zero-order valence-electron chi connectivity index (χ0n) is 38.1. The number of hydrogen-bond acceptors (Lipinski definition) is 13. The minimum atomic E-state index is -1.15. The molecule has 1 aromatic carbocycles. The molecule has 0 aromatic heterocycles. The molecule has 4 saturated heterocycles. The predicted octanol–water partition coefficient (Wildman–Crippen LogP) is 7.31. The molecule has 1 spiro atoms. The number of aromatic hydroxyl groups is 1. The number of aliphatic hydroxyl groups is 2. The Labute approximate surface area is 362 Å². The van der Waals surface area contributed by atoms with Gasteiger partial charge in [-0.05, 0) is 81.4 Å². The Hall–Kier alpha value is -2.69. The van der Waals surface area contributed by atoms with Gasteiger partial charge >= 0.3 is 5.97 Å². The maximum atomic E-state index is 14.1. The molecule has 1 aromatic rings. The van der Waals surface area contributed by atoms with Crippen LogP contribution in [0.1, 0.15) is 122 Å². The quantitative estimate of drug-likeness (QED) is 0.177. The number of carbonyl (C=O) groups is 1. The van der Waals surface area contributed by atoms with E-state index in [4.69, 9.17) is 42.6 Å². The molecule has 13 heteroatoms. The molecular weight excluding hydrogens is 785 g/mol. The SMILES string of the molecule is CC[C@H](C)[C@H]1O[C@@]2(C[C@@H]3C[C@@H](C/C=C(\C)[C@@H](O[C@H]4C[C@H](OC)[C@@H](O[C@H]5C[C@H](OC)[C@@H](O)[C@H](C)O5)[C@H](C)O4)[C@@H](C)/C=C/C=C(\C)c4cc(O)c(C)cc4C(=O)O3)O2)C[C@H](O)[C@@H]1C. The molecule has 61 heavy (non-hydrogen) atoms. The first-order valence-electron chi connectivity index (χ1n) is 22.4. The van der Waals surface area contributed by atoms with Crippen molar-refractivity contribution in [1.82, 2.24) is 0 Å². The third kappa shape index (κ3) is 11.0. The van der Waals surface area contributed by atoms with Crippen molar-refractivity contribution in [3.05, 3.63) is 58.7 Å². The number of methoxy groups -OCH3 is 2. The number of allylic oxidation sites excluding steroid dienone is 3. The Bertz CT molecular complexity index is 1740. The van der Waals surface area contributed by atoms with Crippen LogP contribution in [0.2, 0.25) is 0 Å². The average molecular weight is 857 g/mol. The molecule has 5 aliphatic rings. The van der Waals surface area contributed by atoms with E-state index >= 15 is 0 Å². The third-order valence-corrected chi connectivity index (χ3v) is 13.8. The topological polar surface area (TPSA) is 161 Å². The summed E-state index contributed by atoms with van der Waals surface area (Å²) in [7, 11) is 3.23. The van der Waals surface area contributed by atoms with E-state index in [0.29, 0.717) is 42.4 Å². The molecule has 2 bridgehead atoms. The number of aryl methyl sites for hydroxylation is 1. The first kappa shape index (κ1) is 47.8. The fourth-order valence-electron chi connectivity index (χ4n) is 9.79. The summed E-state index contributed by atoms with van der Waals surface area (Å²) < 4.78 is 57.6. The van der Waals surface area contributed by atoms with E-state index < -0.39 is 79.3 Å². The van der Waals surface area contributed by atoms with Crippen LogP contribution in [-0.2, 0) is 42.6 Å². The van der Waals surface area contributed by atoms with Crippen LogP contribution in [-0.4, -0.2) is 121 Å². The molecule has 5 heterocycles. The molecule has 13 nitrogen and oxygen atoms in total. The smallest absolute Gasteiger partial charge is 0.339 e. The van der Waals surface area contributed by atoms with Crippen LogP contribution in [0.4, 0.5) is 0 Å². The lowest BCUT2D eigenvalue weighted by Gasteiger charge is -2.52. The van der Waals surface area contributed by atoms with E-state index in [1.54, 1.807) is 40.2 Å². The number of phenolic OH excluding ortho intramolecular Hbond substituents is 1. The summed E-state index contributed by atoms with van der Waals surface area (Å²) >= 11 is 0. The third-order valence-electron chi connectivity index (χ3n) is 13.8. The van der Waals surface area contributed by atoms with Crippen molar-refractivity contribution in [2.24, 2.45) is 17.8 Å². The minimum absolute atomic E-state index is 0.0858. The molecule has 342 valence electrons. The van der Waals surface area contributed by atoms with Gasteiger partial charge in [0, 0.05) is 58.2 Å². The molecular formula is C48H72O13. The number of carbonyl (C=O) groups excluding carboxylic acids is 1. The maximum absolute atomic E-state index is 14.1. The molecule has 0 amide bonds. The highest BCUT2D eigenvalue weighted by molar-refractivity contribution is 5.96. The van der Waals surface area contributed by atoms with Crippen LogP contribution in [0.25, 0.3) is 5.57 Å². The number of fused-ring (bicyclic) bond motifs is 3. The predicted molar refractivity (Wildman–Crippen MR) is 229 cm³/mol. The highest BCUT2D eigenvalue weighted by Gasteiger charge is 2.52. The Morgan fingerprint density at radius 1 is 0.869 bits per heavy atom. The fraction of sp³-hybridized carbons (Fsp3) is 0.729. The number of rotatable bonds is 8. The summed E-state index contributed by atoms with van der Waals surface area (Å²) in [5.41, 5.74) is 3.25. The van der Waals surface area contributed by atoms with Crippen LogP contribution in [0, 0.1) is 24.7 Å². The number of phenols is 1. The zero-order valence-corrected chi connectivity index (χ0v) is 38.1. The first-order chi connectivity index (χ1) is 29.0. The van der Waals surface area contributed by atoms with Crippen molar-refractivity contribution in [2.75, 3.05) is 14.2 Å². The van der Waals surface area contributed by atoms with Crippen LogP contribution in [0.15, 0.2) is 42.0 Å². The van der Waals surface area contributed by atoms with Gasteiger partial charge in [0.1, 0.15) is 24.1 Å². The Morgan fingerprint density at radius 2 is 1.56 bits per heavy atom. The molecule has 17 atom stereocenters. The summed E-state index contributed by atoms with van der Waals surface area (Å²) in [5, 5.41) is 32.7. The number of ether oxygens (including phenoxy) is 9. The van der Waals surface area contributed by atoms with E-state index in [2.05, 4.69) is 32.9 Å². The zero-order chi connectivity index (χ0) is 44.3. The number of aliphatic hydroxyl groups excluding tert-OH is 2.